The Bertz CT molecular complexity index is 281. The third-order valence-corrected chi connectivity index (χ3v) is 3.14. The van der Waals surface area contributed by atoms with Gasteiger partial charge in [-0.05, 0) is 28.8 Å². The molecule has 11 heavy (non-hydrogen) atoms. The topological polar surface area (TPSA) is 17.8 Å². The van der Waals surface area contributed by atoms with Crippen molar-refractivity contribution in [2.75, 3.05) is 0 Å². The SMILES string of the molecule is ClCc1nn2c(c1Br)CCC2. The van der Waals surface area contributed by atoms with Gasteiger partial charge in [-0.25, -0.2) is 0 Å². The van der Waals surface area contributed by atoms with Crippen LogP contribution in [0.2, 0.25) is 0 Å². The Morgan fingerprint density at radius 2 is 2.45 bits per heavy atom. The predicted molar refractivity (Wildman–Crippen MR) is 47.8 cm³/mol. The lowest BCUT2D eigenvalue weighted by Gasteiger charge is -1.89. The molecule has 1 aromatic rings. The molecular weight excluding hydrogens is 227 g/mol. The molecular formula is C7H8BrClN2. The van der Waals surface area contributed by atoms with E-state index >= 15 is 0 Å². The van der Waals surface area contributed by atoms with Gasteiger partial charge < -0.3 is 0 Å². The summed E-state index contributed by atoms with van der Waals surface area (Å²) in [7, 11) is 0. The van der Waals surface area contributed by atoms with Crippen LogP contribution < -0.4 is 0 Å². The van der Waals surface area contributed by atoms with Crippen molar-refractivity contribution in [2.45, 2.75) is 25.3 Å². The second-order valence-electron chi connectivity index (χ2n) is 2.67. The highest BCUT2D eigenvalue weighted by atomic mass is 79.9. The average Bonchev–Trinajstić information content (AvgIpc) is 2.53. The average molecular weight is 236 g/mol. The molecule has 0 saturated carbocycles. The molecule has 0 aliphatic carbocycles. The summed E-state index contributed by atoms with van der Waals surface area (Å²) < 4.78 is 3.16. The first-order valence-electron chi connectivity index (χ1n) is 3.63. The highest BCUT2D eigenvalue weighted by Gasteiger charge is 2.18. The molecule has 0 N–H and O–H groups in total. The predicted octanol–water partition coefficient (Wildman–Crippen LogP) is 2.33. The summed E-state index contributed by atoms with van der Waals surface area (Å²) in [6, 6.07) is 0. The van der Waals surface area contributed by atoms with Gasteiger partial charge in [0.05, 0.1) is 21.7 Å². The molecule has 0 saturated heterocycles. The fraction of sp³-hybridized carbons (Fsp3) is 0.571. The quantitative estimate of drug-likeness (QED) is 0.683. The van der Waals surface area contributed by atoms with Gasteiger partial charge >= 0.3 is 0 Å². The number of aryl methyl sites for hydroxylation is 1. The van der Waals surface area contributed by atoms with E-state index < -0.39 is 0 Å². The standard InChI is InChI=1S/C7H8BrClN2/c8-7-5(4-9)10-11-3-1-2-6(7)11/h1-4H2. The van der Waals surface area contributed by atoms with E-state index in [1.165, 1.54) is 12.1 Å². The Morgan fingerprint density at radius 1 is 1.64 bits per heavy atom. The van der Waals surface area contributed by atoms with Gasteiger partial charge in [0, 0.05) is 6.54 Å². The lowest BCUT2D eigenvalue weighted by atomic mass is 10.3. The van der Waals surface area contributed by atoms with E-state index in [4.69, 9.17) is 11.6 Å². The minimum absolute atomic E-state index is 0.501. The third-order valence-electron chi connectivity index (χ3n) is 1.97. The summed E-state index contributed by atoms with van der Waals surface area (Å²) in [5, 5.41) is 4.35. The lowest BCUT2D eigenvalue weighted by molar-refractivity contribution is 0.649. The number of rotatable bonds is 1. The molecule has 0 radical (unpaired) electrons. The van der Waals surface area contributed by atoms with Crippen LogP contribution in [0, 0.1) is 0 Å². The van der Waals surface area contributed by atoms with E-state index in [0.717, 1.165) is 23.1 Å². The zero-order valence-electron chi connectivity index (χ0n) is 5.98. The third kappa shape index (κ3) is 1.11. The number of hydrogen-bond donors (Lipinski definition) is 0. The maximum Gasteiger partial charge on any atom is 0.0917 e. The Labute approximate surface area is 78.7 Å². The number of nitrogens with zero attached hydrogens (tertiary/aromatic N) is 2. The fourth-order valence-corrected chi connectivity index (χ4v) is 2.41. The van der Waals surface area contributed by atoms with Gasteiger partial charge in [0.1, 0.15) is 0 Å². The second kappa shape index (κ2) is 2.79. The molecule has 1 aromatic heterocycles. The number of hydrogen-bond acceptors (Lipinski definition) is 1. The van der Waals surface area contributed by atoms with Crippen LogP contribution in [0.3, 0.4) is 0 Å². The van der Waals surface area contributed by atoms with Crippen LogP contribution in [0.1, 0.15) is 17.8 Å². The molecule has 0 spiro atoms. The molecule has 4 heteroatoms. The summed E-state index contributed by atoms with van der Waals surface area (Å²) in [5.41, 5.74) is 2.28. The maximum atomic E-state index is 5.69. The molecule has 60 valence electrons. The van der Waals surface area contributed by atoms with Gasteiger partial charge in [0.15, 0.2) is 0 Å². The Kier molecular flexibility index (Phi) is 1.93. The van der Waals surface area contributed by atoms with E-state index in [1.54, 1.807) is 0 Å². The van der Waals surface area contributed by atoms with Crippen molar-refractivity contribution in [2.24, 2.45) is 0 Å². The van der Waals surface area contributed by atoms with Crippen molar-refractivity contribution < 1.29 is 0 Å². The van der Waals surface area contributed by atoms with Crippen molar-refractivity contribution >= 4 is 27.5 Å². The van der Waals surface area contributed by atoms with Crippen LogP contribution in [0.15, 0.2) is 4.47 Å². The molecule has 0 atom stereocenters. The molecule has 2 heterocycles. The summed E-state index contributed by atoms with van der Waals surface area (Å²) >= 11 is 9.19. The maximum absolute atomic E-state index is 5.69. The smallest absolute Gasteiger partial charge is 0.0917 e. The van der Waals surface area contributed by atoms with E-state index in [2.05, 4.69) is 21.0 Å². The summed E-state index contributed by atoms with van der Waals surface area (Å²) in [4.78, 5) is 0. The Balaban J connectivity index is 2.49. The Morgan fingerprint density at radius 3 is 3.09 bits per heavy atom. The molecule has 0 unspecified atom stereocenters. The summed E-state index contributed by atoms with van der Waals surface area (Å²) in [5.74, 6) is 0.501. The van der Waals surface area contributed by atoms with Crippen LogP contribution in [-0.2, 0) is 18.8 Å². The zero-order chi connectivity index (χ0) is 7.84. The summed E-state index contributed by atoms with van der Waals surface area (Å²) in [6.07, 6.45) is 2.34. The van der Waals surface area contributed by atoms with Crippen LogP contribution >= 0.6 is 27.5 Å². The number of alkyl halides is 1. The highest BCUT2D eigenvalue weighted by Crippen LogP contribution is 2.27. The summed E-state index contributed by atoms with van der Waals surface area (Å²) in [6.45, 7) is 1.05. The first-order valence-corrected chi connectivity index (χ1v) is 4.95. The van der Waals surface area contributed by atoms with E-state index in [1.807, 2.05) is 4.68 Å². The van der Waals surface area contributed by atoms with Gasteiger partial charge in [0.25, 0.3) is 0 Å². The molecule has 2 rings (SSSR count). The van der Waals surface area contributed by atoms with Crippen LogP contribution in [0.25, 0.3) is 0 Å². The van der Waals surface area contributed by atoms with E-state index in [9.17, 15) is 0 Å². The minimum Gasteiger partial charge on any atom is -0.268 e. The molecule has 0 amide bonds. The minimum atomic E-state index is 0.501. The number of fused-ring (bicyclic) bond motifs is 1. The number of aromatic nitrogens is 2. The monoisotopic (exact) mass is 234 g/mol. The zero-order valence-corrected chi connectivity index (χ0v) is 8.32. The molecule has 0 aromatic carbocycles. The van der Waals surface area contributed by atoms with E-state index in [-0.39, 0.29) is 0 Å². The van der Waals surface area contributed by atoms with E-state index in [0.29, 0.717) is 5.88 Å². The lowest BCUT2D eigenvalue weighted by Crippen LogP contribution is -1.94. The van der Waals surface area contributed by atoms with Crippen LogP contribution in [0.4, 0.5) is 0 Å². The van der Waals surface area contributed by atoms with Crippen LogP contribution in [0.5, 0.6) is 0 Å². The fourth-order valence-electron chi connectivity index (χ4n) is 1.44. The van der Waals surface area contributed by atoms with Gasteiger partial charge in [0.2, 0.25) is 0 Å². The molecule has 1 aliphatic rings. The first-order chi connectivity index (χ1) is 5.33. The Hall–Kier alpha value is -0.0200. The van der Waals surface area contributed by atoms with Gasteiger partial charge in [-0.15, -0.1) is 11.6 Å². The van der Waals surface area contributed by atoms with Gasteiger partial charge in [-0.1, -0.05) is 0 Å². The molecule has 0 fully saturated rings. The normalized spacial score (nSPS) is 15.5. The van der Waals surface area contributed by atoms with Crippen molar-refractivity contribution in [3.05, 3.63) is 15.9 Å². The largest absolute Gasteiger partial charge is 0.268 e. The van der Waals surface area contributed by atoms with Crippen molar-refractivity contribution in [3.63, 3.8) is 0 Å². The second-order valence-corrected chi connectivity index (χ2v) is 3.73. The van der Waals surface area contributed by atoms with Crippen molar-refractivity contribution in [3.8, 4) is 0 Å². The van der Waals surface area contributed by atoms with Crippen LogP contribution in [-0.4, -0.2) is 9.78 Å². The van der Waals surface area contributed by atoms with Crippen molar-refractivity contribution in [1.29, 1.82) is 0 Å². The molecule has 1 aliphatic heterocycles. The molecule has 2 nitrogen and oxygen atoms in total. The number of halogens is 2. The van der Waals surface area contributed by atoms with Gasteiger partial charge in [-0.2, -0.15) is 5.10 Å². The van der Waals surface area contributed by atoms with Crippen molar-refractivity contribution in [1.82, 2.24) is 9.78 Å². The van der Waals surface area contributed by atoms with Gasteiger partial charge in [-0.3, -0.25) is 4.68 Å². The first kappa shape index (κ1) is 7.62. The molecule has 0 bridgehead atoms. The highest BCUT2D eigenvalue weighted by molar-refractivity contribution is 9.10.